The number of amides is 1. The third kappa shape index (κ3) is 5.08. The molecule has 1 amide bonds. The van der Waals surface area contributed by atoms with E-state index in [-0.39, 0.29) is 11.3 Å². The number of aliphatic hydroxyl groups is 1. The van der Waals surface area contributed by atoms with E-state index in [9.17, 15) is 15.0 Å². The highest BCUT2D eigenvalue weighted by molar-refractivity contribution is 5.95. The molecule has 24 heavy (non-hydrogen) atoms. The van der Waals surface area contributed by atoms with E-state index in [0.29, 0.717) is 18.2 Å². The van der Waals surface area contributed by atoms with Crippen LogP contribution in [0.25, 0.3) is 0 Å². The SMILES string of the molecule is C[C@@H](CCc1ccccc1)[NH2+]C[C@@H](O)c1ccc(O)c(C(N)=O)c1. The molecule has 2 aromatic rings. The Bertz CT molecular complexity index is 674. The molecule has 0 spiro atoms. The Morgan fingerprint density at radius 2 is 1.92 bits per heavy atom. The second kappa shape index (κ2) is 8.47. The maximum absolute atomic E-state index is 11.3. The summed E-state index contributed by atoms with van der Waals surface area (Å²) in [7, 11) is 0. The standard InChI is InChI=1S/C19H24N2O3/c1-13(7-8-14-5-3-2-4-6-14)21-12-18(23)15-9-10-17(22)16(11-15)19(20)24/h2-6,9-11,13,18,21-23H,7-8,12H2,1H3,(H2,20,24)/p+1/t13-,18+/m0/s1. The largest absolute Gasteiger partial charge is 0.507 e. The van der Waals surface area contributed by atoms with E-state index < -0.39 is 12.0 Å². The quantitative estimate of drug-likeness (QED) is 0.583. The average molecular weight is 329 g/mol. The Balaban J connectivity index is 1.85. The molecule has 2 aromatic carbocycles. The van der Waals surface area contributed by atoms with Crippen molar-refractivity contribution in [3.8, 4) is 5.75 Å². The number of quaternary nitrogens is 1. The van der Waals surface area contributed by atoms with E-state index in [1.165, 1.54) is 17.7 Å². The summed E-state index contributed by atoms with van der Waals surface area (Å²) in [5, 5.41) is 22.0. The predicted octanol–water partition coefficient (Wildman–Crippen LogP) is 1.11. The highest BCUT2D eigenvalue weighted by Gasteiger charge is 2.16. The maximum atomic E-state index is 11.3. The van der Waals surface area contributed by atoms with Crippen molar-refractivity contribution in [1.82, 2.24) is 0 Å². The number of carbonyl (C=O) groups is 1. The highest BCUT2D eigenvalue weighted by atomic mass is 16.3. The van der Waals surface area contributed by atoms with Gasteiger partial charge >= 0.3 is 0 Å². The number of hydrogen-bond donors (Lipinski definition) is 4. The summed E-state index contributed by atoms with van der Waals surface area (Å²) >= 11 is 0. The van der Waals surface area contributed by atoms with E-state index in [2.05, 4.69) is 24.4 Å². The van der Waals surface area contributed by atoms with Crippen LogP contribution < -0.4 is 11.1 Å². The number of nitrogens with two attached hydrogens (primary N) is 2. The molecule has 5 heteroatoms. The molecular formula is C19H25N2O3+. The molecular weight excluding hydrogens is 304 g/mol. The first kappa shape index (κ1) is 18.0. The van der Waals surface area contributed by atoms with Crippen LogP contribution in [0.3, 0.4) is 0 Å². The molecule has 2 atom stereocenters. The number of primary amides is 1. The number of carbonyl (C=O) groups excluding carboxylic acids is 1. The third-order valence-corrected chi connectivity index (χ3v) is 4.16. The Kier molecular flexibility index (Phi) is 6.35. The van der Waals surface area contributed by atoms with Gasteiger partial charge in [-0.3, -0.25) is 4.79 Å². The van der Waals surface area contributed by atoms with Crippen LogP contribution in [0.2, 0.25) is 0 Å². The first-order valence-electron chi connectivity index (χ1n) is 8.15. The van der Waals surface area contributed by atoms with Gasteiger partial charge in [-0.15, -0.1) is 0 Å². The summed E-state index contributed by atoms with van der Waals surface area (Å²) in [6.45, 7) is 2.61. The van der Waals surface area contributed by atoms with Crippen LogP contribution in [-0.4, -0.2) is 28.7 Å². The zero-order valence-electron chi connectivity index (χ0n) is 13.9. The van der Waals surface area contributed by atoms with Gasteiger partial charge in [0.15, 0.2) is 0 Å². The molecule has 0 aromatic heterocycles. The summed E-state index contributed by atoms with van der Waals surface area (Å²) in [4.78, 5) is 11.3. The summed E-state index contributed by atoms with van der Waals surface area (Å²) in [5.74, 6) is -0.875. The topological polar surface area (TPSA) is 100 Å². The second-order valence-electron chi connectivity index (χ2n) is 6.13. The number of rotatable bonds is 8. The first-order valence-corrected chi connectivity index (χ1v) is 8.15. The van der Waals surface area contributed by atoms with Crippen LogP contribution in [0.5, 0.6) is 5.75 Å². The van der Waals surface area contributed by atoms with Gasteiger partial charge in [-0.1, -0.05) is 36.4 Å². The fraction of sp³-hybridized carbons (Fsp3) is 0.316. The number of aliphatic hydroxyl groups excluding tert-OH is 1. The van der Waals surface area contributed by atoms with Gasteiger partial charge in [-0.2, -0.15) is 0 Å². The minimum atomic E-state index is -0.720. The second-order valence-corrected chi connectivity index (χ2v) is 6.13. The van der Waals surface area contributed by atoms with Gasteiger partial charge in [0.1, 0.15) is 18.4 Å². The fourth-order valence-corrected chi connectivity index (χ4v) is 2.61. The van der Waals surface area contributed by atoms with Crippen molar-refractivity contribution in [2.24, 2.45) is 5.73 Å². The molecule has 0 heterocycles. The van der Waals surface area contributed by atoms with Crippen LogP contribution in [0, 0.1) is 0 Å². The molecule has 0 bridgehead atoms. The van der Waals surface area contributed by atoms with Crippen LogP contribution in [0.15, 0.2) is 48.5 Å². The summed E-state index contributed by atoms with van der Waals surface area (Å²) in [5.41, 5.74) is 7.13. The zero-order chi connectivity index (χ0) is 17.5. The molecule has 0 saturated heterocycles. The van der Waals surface area contributed by atoms with Gasteiger partial charge in [-0.25, -0.2) is 0 Å². The Labute approximate surface area is 142 Å². The molecule has 0 aliphatic carbocycles. The van der Waals surface area contributed by atoms with Crippen molar-refractivity contribution in [2.75, 3.05) is 6.54 Å². The summed E-state index contributed by atoms with van der Waals surface area (Å²) < 4.78 is 0. The van der Waals surface area contributed by atoms with E-state index in [1.807, 2.05) is 18.2 Å². The molecule has 5 nitrogen and oxygen atoms in total. The lowest BCUT2D eigenvalue weighted by atomic mass is 10.0. The summed E-state index contributed by atoms with van der Waals surface area (Å²) in [6.07, 6.45) is 1.29. The molecule has 128 valence electrons. The van der Waals surface area contributed by atoms with Crippen molar-refractivity contribution in [2.45, 2.75) is 31.9 Å². The number of phenols is 1. The number of aromatic hydroxyl groups is 1. The van der Waals surface area contributed by atoms with Gasteiger partial charge in [0.05, 0.1) is 11.6 Å². The molecule has 0 unspecified atom stereocenters. The smallest absolute Gasteiger partial charge is 0.252 e. The Morgan fingerprint density at radius 1 is 1.21 bits per heavy atom. The van der Waals surface area contributed by atoms with Gasteiger partial charge in [0, 0.05) is 6.42 Å². The molecule has 0 fully saturated rings. The first-order chi connectivity index (χ1) is 11.5. The van der Waals surface area contributed by atoms with Crippen molar-refractivity contribution in [1.29, 1.82) is 0 Å². The predicted molar refractivity (Wildman–Crippen MR) is 92.6 cm³/mol. The highest BCUT2D eigenvalue weighted by Crippen LogP contribution is 2.21. The van der Waals surface area contributed by atoms with E-state index in [1.54, 1.807) is 6.07 Å². The lowest BCUT2D eigenvalue weighted by Gasteiger charge is -2.15. The van der Waals surface area contributed by atoms with Crippen LogP contribution in [0.4, 0.5) is 0 Å². The molecule has 0 saturated carbocycles. The maximum Gasteiger partial charge on any atom is 0.252 e. The van der Waals surface area contributed by atoms with Gasteiger partial charge < -0.3 is 21.3 Å². The fourth-order valence-electron chi connectivity index (χ4n) is 2.61. The van der Waals surface area contributed by atoms with E-state index in [0.717, 1.165) is 12.8 Å². The van der Waals surface area contributed by atoms with E-state index in [4.69, 9.17) is 5.73 Å². The number of hydrogen-bond acceptors (Lipinski definition) is 3. The number of aryl methyl sites for hydroxylation is 1. The van der Waals surface area contributed by atoms with Crippen LogP contribution in [0.1, 0.15) is 40.9 Å². The van der Waals surface area contributed by atoms with Crippen molar-refractivity contribution >= 4 is 5.91 Å². The van der Waals surface area contributed by atoms with Gasteiger partial charge in [0.2, 0.25) is 0 Å². The normalized spacial score (nSPS) is 13.4. The Morgan fingerprint density at radius 3 is 2.58 bits per heavy atom. The zero-order valence-corrected chi connectivity index (χ0v) is 13.9. The minimum Gasteiger partial charge on any atom is -0.507 e. The van der Waals surface area contributed by atoms with Crippen molar-refractivity contribution in [3.63, 3.8) is 0 Å². The molecule has 6 N–H and O–H groups in total. The Hall–Kier alpha value is -2.37. The molecule has 0 aliphatic heterocycles. The van der Waals surface area contributed by atoms with E-state index >= 15 is 0 Å². The lowest BCUT2D eigenvalue weighted by Crippen LogP contribution is -2.90. The molecule has 0 radical (unpaired) electrons. The summed E-state index contributed by atoms with van der Waals surface area (Å²) in [6, 6.07) is 15.1. The van der Waals surface area contributed by atoms with Crippen LogP contribution in [-0.2, 0) is 6.42 Å². The van der Waals surface area contributed by atoms with Gasteiger partial charge in [0.25, 0.3) is 5.91 Å². The number of benzene rings is 2. The third-order valence-electron chi connectivity index (χ3n) is 4.16. The average Bonchev–Trinajstić information content (AvgIpc) is 2.59. The minimum absolute atomic E-state index is 0.0312. The lowest BCUT2D eigenvalue weighted by molar-refractivity contribution is -0.693. The monoisotopic (exact) mass is 329 g/mol. The van der Waals surface area contributed by atoms with Crippen LogP contribution >= 0.6 is 0 Å². The van der Waals surface area contributed by atoms with Gasteiger partial charge in [-0.05, 0) is 36.6 Å². The van der Waals surface area contributed by atoms with Crippen molar-refractivity contribution in [3.05, 3.63) is 65.2 Å². The molecule has 2 rings (SSSR count). The van der Waals surface area contributed by atoms with Crippen molar-refractivity contribution < 1.29 is 20.3 Å². The molecule has 0 aliphatic rings.